The summed E-state index contributed by atoms with van der Waals surface area (Å²) in [5.41, 5.74) is 3.66. The number of nitrogens with one attached hydrogen (secondary N) is 2. The maximum absolute atomic E-state index is 12.0. The summed E-state index contributed by atoms with van der Waals surface area (Å²) in [5, 5.41) is 11.7. The molecule has 8 heteroatoms. The quantitative estimate of drug-likeness (QED) is 0.626. The molecule has 0 bridgehead atoms. The minimum absolute atomic E-state index is 0.359. The number of carbonyl (C=O) groups is 1. The van der Waals surface area contributed by atoms with E-state index in [0.717, 1.165) is 28.2 Å². The lowest BCUT2D eigenvalue weighted by Crippen LogP contribution is -2.28. The van der Waals surface area contributed by atoms with Crippen molar-refractivity contribution in [2.75, 3.05) is 12.4 Å². The van der Waals surface area contributed by atoms with Gasteiger partial charge in [-0.3, -0.25) is 4.68 Å². The van der Waals surface area contributed by atoms with Gasteiger partial charge in [0.25, 0.3) is 0 Å². The molecule has 2 N–H and O–H groups in total. The second kappa shape index (κ2) is 7.76. The Morgan fingerprint density at radius 2 is 2.12 bits per heavy atom. The predicted octanol–water partition coefficient (Wildman–Crippen LogP) is 3.16. The average molecular weight is 367 g/mol. The average Bonchev–Trinajstić information content (AvgIpc) is 3.04. The number of methoxy groups -OCH3 is 1. The van der Waals surface area contributed by atoms with Gasteiger partial charge in [-0.2, -0.15) is 5.10 Å². The lowest BCUT2D eigenvalue weighted by Gasteiger charge is -2.10. The highest BCUT2D eigenvalue weighted by molar-refractivity contribution is 7.80. The van der Waals surface area contributed by atoms with Crippen LogP contribution in [-0.2, 0) is 17.8 Å². The van der Waals surface area contributed by atoms with Crippen LogP contribution in [0.5, 0.6) is 0 Å². The highest BCUT2D eigenvalue weighted by Gasteiger charge is 2.20. The van der Waals surface area contributed by atoms with Gasteiger partial charge in [0.1, 0.15) is 5.00 Å². The van der Waals surface area contributed by atoms with Gasteiger partial charge in [0, 0.05) is 29.2 Å². The first-order valence-electron chi connectivity index (χ1n) is 7.63. The molecule has 0 amide bonds. The largest absolute Gasteiger partial charge is 0.465 e. The molecule has 0 aliphatic rings. The van der Waals surface area contributed by atoms with Crippen molar-refractivity contribution in [2.24, 2.45) is 0 Å². The molecular weight excluding hydrogens is 344 g/mol. The van der Waals surface area contributed by atoms with Crippen molar-refractivity contribution >= 4 is 39.6 Å². The Bertz CT molecular complexity index is 764. The number of esters is 1. The highest BCUT2D eigenvalue weighted by atomic mass is 32.1. The second-order valence-electron chi connectivity index (χ2n) is 5.36. The molecule has 130 valence electrons. The Morgan fingerprint density at radius 1 is 1.42 bits per heavy atom. The summed E-state index contributed by atoms with van der Waals surface area (Å²) in [4.78, 5) is 13.0. The first kappa shape index (κ1) is 18.4. The van der Waals surface area contributed by atoms with Crippen LogP contribution in [0.3, 0.4) is 0 Å². The van der Waals surface area contributed by atoms with E-state index in [4.69, 9.17) is 17.0 Å². The van der Waals surface area contributed by atoms with Crippen molar-refractivity contribution in [3.63, 3.8) is 0 Å². The highest BCUT2D eigenvalue weighted by Crippen LogP contribution is 2.32. The lowest BCUT2D eigenvalue weighted by molar-refractivity contribution is 0.0601. The molecule has 0 radical (unpaired) electrons. The fourth-order valence-electron chi connectivity index (χ4n) is 2.36. The topological polar surface area (TPSA) is 68.2 Å². The molecule has 24 heavy (non-hydrogen) atoms. The Kier molecular flexibility index (Phi) is 5.95. The van der Waals surface area contributed by atoms with E-state index in [9.17, 15) is 4.79 Å². The Balaban J connectivity index is 2.06. The Hall–Kier alpha value is -1.93. The number of anilines is 1. The molecule has 0 aliphatic heterocycles. The Labute approximate surface area is 151 Å². The zero-order valence-corrected chi connectivity index (χ0v) is 16.2. The van der Waals surface area contributed by atoms with Crippen molar-refractivity contribution in [1.82, 2.24) is 15.1 Å². The lowest BCUT2D eigenvalue weighted by atomic mass is 10.1. The van der Waals surface area contributed by atoms with Crippen LogP contribution in [0.25, 0.3) is 0 Å². The zero-order chi connectivity index (χ0) is 17.9. The summed E-state index contributed by atoms with van der Waals surface area (Å²) in [6.07, 6.45) is 1.84. The van der Waals surface area contributed by atoms with Crippen molar-refractivity contribution < 1.29 is 9.53 Å². The number of aryl methyl sites for hydroxylation is 2. The first-order chi connectivity index (χ1) is 11.4. The van der Waals surface area contributed by atoms with Gasteiger partial charge in [0.15, 0.2) is 5.11 Å². The molecule has 0 saturated heterocycles. The maximum Gasteiger partial charge on any atom is 0.341 e. The summed E-state index contributed by atoms with van der Waals surface area (Å²) in [5.74, 6) is -0.359. The van der Waals surface area contributed by atoms with Crippen LogP contribution in [0.4, 0.5) is 5.00 Å². The number of ether oxygens (including phenoxy) is 1. The molecule has 0 atom stereocenters. The van der Waals surface area contributed by atoms with E-state index in [1.807, 2.05) is 31.6 Å². The molecular formula is C16H22N4O2S2. The van der Waals surface area contributed by atoms with Crippen LogP contribution < -0.4 is 10.6 Å². The number of thiophene rings is 1. The molecule has 6 nitrogen and oxygen atoms in total. The summed E-state index contributed by atoms with van der Waals surface area (Å²) < 4.78 is 6.81. The number of thiocarbonyl (C=S) groups is 1. The van der Waals surface area contributed by atoms with Crippen LogP contribution in [0.15, 0.2) is 6.20 Å². The van der Waals surface area contributed by atoms with Crippen molar-refractivity contribution in [2.45, 2.75) is 40.8 Å². The minimum Gasteiger partial charge on any atom is -0.465 e. The Morgan fingerprint density at radius 3 is 2.71 bits per heavy atom. The van der Waals surface area contributed by atoms with Crippen LogP contribution in [0, 0.1) is 20.8 Å². The van der Waals surface area contributed by atoms with Crippen molar-refractivity contribution in [3.05, 3.63) is 33.5 Å². The van der Waals surface area contributed by atoms with Crippen LogP contribution in [0.1, 0.15) is 39.0 Å². The normalized spacial score (nSPS) is 10.5. The number of rotatable bonds is 5. The molecule has 0 unspecified atom stereocenters. The monoisotopic (exact) mass is 366 g/mol. The van der Waals surface area contributed by atoms with E-state index in [-0.39, 0.29) is 5.97 Å². The van der Waals surface area contributed by atoms with Crippen LogP contribution in [-0.4, -0.2) is 28.0 Å². The molecule has 0 fully saturated rings. The zero-order valence-electron chi connectivity index (χ0n) is 14.5. The van der Waals surface area contributed by atoms with Gasteiger partial charge in [-0.25, -0.2) is 4.79 Å². The molecule has 2 heterocycles. The second-order valence-corrected chi connectivity index (χ2v) is 6.99. The van der Waals surface area contributed by atoms with Crippen molar-refractivity contribution in [3.8, 4) is 0 Å². The van der Waals surface area contributed by atoms with Gasteiger partial charge in [-0.15, -0.1) is 11.3 Å². The van der Waals surface area contributed by atoms with Crippen molar-refractivity contribution in [1.29, 1.82) is 0 Å². The number of hydrogen-bond acceptors (Lipinski definition) is 5. The number of aromatic nitrogens is 2. The molecule has 2 rings (SSSR count). The standard InChI is InChI=1S/C16H22N4O2S2/c1-6-20-10(3)12(8-18-20)7-17-16(23)19-14-13(15(21)22-5)9(2)11(4)24-14/h8H,6-7H2,1-5H3,(H2,17,19,23). The van der Waals surface area contributed by atoms with Crippen LogP contribution >= 0.6 is 23.6 Å². The smallest absolute Gasteiger partial charge is 0.341 e. The third-order valence-electron chi connectivity index (χ3n) is 3.95. The van der Waals surface area contributed by atoms with Gasteiger partial charge in [0.05, 0.1) is 18.9 Å². The first-order valence-corrected chi connectivity index (χ1v) is 8.85. The summed E-state index contributed by atoms with van der Waals surface area (Å²) in [6, 6.07) is 0. The molecule has 0 aromatic carbocycles. The van der Waals surface area contributed by atoms with E-state index in [2.05, 4.69) is 22.7 Å². The predicted molar refractivity (Wildman–Crippen MR) is 101 cm³/mol. The molecule has 0 spiro atoms. The van der Waals surface area contributed by atoms with Gasteiger partial charge in [-0.1, -0.05) is 0 Å². The minimum atomic E-state index is -0.359. The maximum atomic E-state index is 12.0. The third-order valence-corrected chi connectivity index (χ3v) is 5.31. The molecule has 2 aromatic heterocycles. The number of carbonyl (C=O) groups excluding carboxylic acids is 1. The molecule has 0 saturated carbocycles. The third kappa shape index (κ3) is 3.76. The summed E-state index contributed by atoms with van der Waals surface area (Å²) in [6.45, 7) is 9.38. The van der Waals surface area contributed by atoms with Gasteiger partial charge in [-0.05, 0) is 45.5 Å². The molecule has 2 aromatic rings. The number of hydrogen-bond donors (Lipinski definition) is 2. The van der Waals surface area contributed by atoms with Crippen LogP contribution in [0.2, 0.25) is 0 Å². The van der Waals surface area contributed by atoms with Gasteiger partial charge in [0.2, 0.25) is 0 Å². The molecule has 0 aliphatic carbocycles. The van der Waals surface area contributed by atoms with E-state index >= 15 is 0 Å². The van der Waals surface area contributed by atoms with E-state index in [0.29, 0.717) is 22.2 Å². The fourth-order valence-corrected chi connectivity index (χ4v) is 3.65. The summed E-state index contributed by atoms with van der Waals surface area (Å²) in [7, 11) is 1.38. The van der Waals surface area contributed by atoms with E-state index in [1.165, 1.54) is 18.4 Å². The van der Waals surface area contributed by atoms with Gasteiger partial charge >= 0.3 is 5.97 Å². The fraction of sp³-hybridized carbons (Fsp3) is 0.438. The van der Waals surface area contributed by atoms with E-state index < -0.39 is 0 Å². The summed E-state index contributed by atoms with van der Waals surface area (Å²) >= 11 is 6.84. The number of nitrogens with zero attached hydrogens (tertiary/aromatic N) is 2. The van der Waals surface area contributed by atoms with Gasteiger partial charge < -0.3 is 15.4 Å². The SMILES string of the molecule is CCn1ncc(CNC(=S)Nc2sc(C)c(C)c2C(=O)OC)c1C. The van der Waals surface area contributed by atoms with E-state index in [1.54, 1.807) is 0 Å².